The maximum absolute atomic E-state index is 12.1. The Labute approximate surface area is 111 Å². The third kappa shape index (κ3) is 3.47. The van der Waals surface area contributed by atoms with Gasteiger partial charge >= 0.3 is 0 Å². The van der Waals surface area contributed by atoms with E-state index in [1.807, 2.05) is 11.9 Å². The molecular weight excluding hydrogens is 224 g/mol. The van der Waals surface area contributed by atoms with Crippen molar-refractivity contribution in [1.29, 1.82) is 0 Å². The summed E-state index contributed by atoms with van der Waals surface area (Å²) in [5.74, 6) is 2.87. The molecule has 3 nitrogen and oxygen atoms in total. The summed E-state index contributed by atoms with van der Waals surface area (Å²) in [6.45, 7) is 1.67. The third-order valence-corrected chi connectivity index (χ3v) is 4.94. The van der Waals surface area contributed by atoms with Gasteiger partial charge in [-0.1, -0.05) is 12.8 Å². The van der Waals surface area contributed by atoms with Gasteiger partial charge in [-0.15, -0.1) is 0 Å². The number of fused-ring (bicyclic) bond motifs is 2. The molecule has 3 atom stereocenters. The summed E-state index contributed by atoms with van der Waals surface area (Å²) >= 11 is 0. The number of unbranched alkanes of at least 4 members (excludes halogenated alkanes) is 2. The molecule has 2 bridgehead atoms. The van der Waals surface area contributed by atoms with Gasteiger partial charge in [0.2, 0.25) is 5.91 Å². The van der Waals surface area contributed by atoms with Crippen LogP contribution in [0.4, 0.5) is 0 Å². The van der Waals surface area contributed by atoms with E-state index in [-0.39, 0.29) is 0 Å². The molecule has 0 saturated heterocycles. The monoisotopic (exact) mass is 252 g/mol. The number of nitrogens with zero attached hydrogens (tertiary/aromatic N) is 1. The molecule has 3 unspecified atom stereocenters. The lowest BCUT2D eigenvalue weighted by atomic mass is 9.86. The highest BCUT2D eigenvalue weighted by atomic mass is 16.2. The molecule has 2 aliphatic carbocycles. The molecule has 1 amide bonds. The van der Waals surface area contributed by atoms with Crippen molar-refractivity contribution in [3.63, 3.8) is 0 Å². The Morgan fingerprint density at radius 2 is 2.06 bits per heavy atom. The predicted octanol–water partition coefficient (Wildman–Crippen LogP) is 2.40. The second kappa shape index (κ2) is 6.55. The van der Waals surface area contributed by atoms with E-state index < -0.39 is 0 Å². The molecule has 3 heteroatoms. The molecule has 2 fully saturated rings. The molecule has 2 saturated carbocycles. The van der Waals surface area contributed by atoms with Crippen LogP contribution >= 0.6 is 0 Å². The van der Waals surface area contributed by atoms with Crippen molar-refractivity contribution in [2.75, 3.05) is 20.1 Å². The van der Waals surface area contributed by atoms with E-state index in [1.165, 1.54) is 25.7 Å². The van der Waals surface area contributed by atoms with Crippen molar-refractivity contribution in [1.82, 2.24) is 4.90 Å². The molecular formula is C15H28N2O. The summed E-state index contributed by atoms with van der Waals surface area (Å²) in [7, 11) is 1.96. The number of carbonyl (C=O) groups excluding carboxylic acids is 1. The average Bonchev–Trinajstić information content (AvgIpc) is 2.96. The van der Waals surface area contributed by atoms with Gasteiger partial charge in [-0.2, -0.15) is 0 Å². The van der Waals surface area contributed by atoms with E-state index >= 15 is 0 Å². The lowest BCUT2D eigenvalue weighted by molar-refractivity contribution is -0.131. The fraction of sp³-hybridized carbons (Fsp3) is 0.933. The Kier molecular flexibility index (Phi) is 5.04. The van der Waals surface area contributed by atoms with Crippen LogP contribution in [0.2, 0.25) is 0 Å². The predicted molar refractivity (Wildman–Crippen MR) is 74.1 cm³/mol. The van der Waals surface area contributed by atoms with E-state index in [2.05, 4.69) is 0 Å². The standard InChI is InChI=1S/C15H28N2O/c1-17(8-4-2-3-7-16)15(18)11-14-10-12-5-6-13(14)9-12/h12-14H,2-11,16H2,1H3. The minimum atomic E-state index is 0.361. The molecule has 2 N–H and O–H groups in total. The molecule has 0 aromatic carbocycles. The van der Waals surface area contributed by atoms with Gasteiger partial charge in [0.15, 0.2) is 0 Å². The van der Waals surface area contributed by atoms with Crippen LogP contribution in [0.5, 0.6) is 0 Å². The molecule has 2 aliphatic rings. The van der Waals surface area contributed by atoms with Crippen LogP contribution in [-0.2, 0) is 4.79 Å². The first kappa shape index (κ1) is 13.9. The van der Waals surface area contributed by atoms with Crippen LogP contribution in [0.3, 0.4) is 0 Å². The Hall–Kier alpha value is -0.570. The minimum absolute atomic E-state index is 0.361. The van der Waals surface area contributed by atoms with Gasteiger partial charge in [0.05, 0.1) is 0 Å². The molecule has 0 aliphatic heterocycles. The topological polar surface area (TPSA) is 46.3 Å². The normalized spacial score (nSPS) is 29.8. The summed E-state index contributed by atoms with van der Waals surface area (Å²) < 4.78 is 0. The largest absolute Gasteiger partial charge is 0.346 e. The molecule has 0 spiro atoms. The Bertz CT molecular complexity index is 280. The number of rotatable bonds is 7. The van der Waals surface area contributed by atoms with Crippen molar-refractivity contribution < 1.29 is 4.79 Å². The van der Waals surface area contributed by atoms with E-state index in [1.54, 1.807) is 0 Å². The second-order valence-electron chi connectivity index (χ2n) is 6.30. The van der Waals surface area contributed by atoms with E-state index in [9.17, 15) is 4.79 Å². The average molecular weight is 252 g/mol. The van der Waals surface area contributed by atoms with Crippen molar-refractivity contribution in [2.24, 2.45) is 23.5 Å². The Balaban J connectivity index is 1.64. The number of hydrogen-bond donors (Lipinski definition) is 1. The highest BCUT2D eigenvalue weighted by molar-refractivity contribution is 5.76. The van der Waals surface area contributed by atoms with Crippen molar-refractivity contribution >= 4 is 5.91 Å². The van der Waals surface area contributed by atoms with Gasteiger partial charge in [0.1, 0.15) is 0 Å². The fourth-order valence-corrected chi connectivity index (χ4v) is 3.80. The number of amides is 1. The first-order valence-electron chi connectivity index (χ1n) is 7.64. The molecule has 104 valence electrons. The molecule has 0 radical (unpaired) electrons. The molecule has 0 aromatic heterocycles. The smallest absolute Gasteiger partial charge is 0.222 e. The van der Waals surface area contributed by atoms with Gasteiger partial charge in [0.25, 0.3) is 0 Å². The second-order valence-corrected chi connectivity index (χ2v) is 6.30. The van der Waals surface area contributed by atoms with E-state index in [0.29, 0.717) is 11.8 Å². The van der Waals surface area contributed by atoms with Crippen molar-refractivity contribution in [2.45, 2.75) is 51.4 Å². The van der Waals surface area contributed by atoms with Gasteiger partial charge in [-0.05, 0) is 56.4 Å². The summed E-state index contributed by atoms with van der Waals surface area (Å²) in [5.41, 5.74) is 5.47. The molecule has 0 aromatic rings. The van der Waals surface area contributed by atoms with Gasteiger partial charge in [-0.25, -0.2) is 0 Å². The maximum Gasteiger partial charge on any atom is 0.222 e. The van der Waals surface area contributed by atoms with Crippen LogP contribution in [0.15, 0.2) is 0 Å². The van der Waals surface area contributed by atoms with Crippen LogP contribution in [0.1, 0.15) is 51.4 Å². The summed E-state index contributed by atoms with van der Waals surface area (Å²) in [6, 6.07) is 0. The first-order valence-corrected chi connectivity index (χ1v) is 7.64. The van der Waals surface area contributed by atoms with Crippen LogP contribution in [-0.4, -0.2) is 30.9 Å². The maximum atomic E-state index is 12.1. The first-order chi connectivity index (χ1) is 8.70. The molecule has 2 rings (SSSR count). The van der Waals surface area contributed by atoms with Crippen molar-refractivity contribution in [3.8, 4) is 0 Å². The molecule has 0 heterocycles. The Morgan fingerprint density at radius 3 is 2.67 bits per heavy atom. The number of carbonyl (C=O) groups is 1. The quantitative estimate of drug-likeness (QED) is 0.707. The summed E-state index contributed by atoms with van der Waals surface area (Å²) in [5, 5.41) is 0. The lowest BCUT2D eigenvalue weighted by Crippen LogP contribution is -2.30. The zero-order valence-electron chi connectivity index (χ0n) is 11.7. The van der Waals surface area contributed by atoms with Crippen LogP contribution in [0, 0.1) is 17.8 Å². The SMILES string of the molecule is CN(CCCCCN)C(=O)CC1CC2CCC1C2. The zero-order valence-corrected chi connectivity index (χ0v) is 11.7. The highest BCUT2D eigenvalue weighted by Crippen LogP contribution is 2.49. The number of hydrogen-bond acceptors (Lipinski definition) is 2. The summed E-state index contributed by atoms with van der Waals surface area (Å²) in [4.78, 5) is 14.1. The molecule has 18 heavy (non-hydrogen) atoms. The van der Waals surface area contributed by atoms with Gasteiger partial charge in [-0.3, -0.25) is 4.79 Å². The van der Waals surface area contributed by atoms with Gasteiger partial charge in [0, 0.05) is 20.0 Å². The highest BCUT2D eigenvalue weighted by Gasteiger charge is 2.40. The third-order valence-electron chi connectivity index (χ3n) is 4.94. The van der Waals surface area contributed by atoms with E-state index in [4.69, 9.17) is 5.73 Å². The lowest BCUT2D eigenvalue weighted by Gasteiger charge is -2.24. The fourth-order valence-electron chi connectivity index (χ4n) is 3.80. The van der Waals surface area contributed by atoms with E-state index in [0.717, 1.165) is 50.6 Å². The number of nitrogens with two attached hydrogens (primary N) is 1. The van der Waals surface area contributed by atoms with Crippen LogP contribution < -0.4 is 5.73 Å². The van der Waals surface area contributed by atoms with Crippen molar-refractivity contribution in [3.05, 3.63) is 0 Å². The zero-order chi connectivity index (χ0) is 13.0. The van der Waals surface area contributed by atoms with Gasteiger partial charge < -0.3 is 10.6 Å². The minimum Gasteiger partial charge on any atom is -0.346 e. The summed E-state index contributed by atoms with van der Waals surface area (Å²) in [6.07, 6.45) is 9.63. The Morgan fingerprint density at radius 1 is 1.22 bits per heavy atom. The van der Waals surface area contributed by atoms with Crippen LogP contribution in [0.25, 0.3) is 0 Å².